The van der Waals surface area contributed by atoms with Gasteiger partial charge in [0.05, 0.1) is 11.6 Å². The second-order valence-electron chi connectivity index (χ2n) is 7.68. The first-order chi connectivity index (χ1) is 15.5. The van der Waals surface area contributed by atoms with Crippen LogP contribution in [0.3, 0.4) is 0 Å². The molecule has 1 aliphatic rings. The molecule has 1 saturated heterocycles. The molecule has 1 unspecified atom stereocenters. The smallest absolute Gasteiger partial charge is 0.229 e. The van der Waals surface area contributed by atoms with Gasteiger partial charge in [0.1, 0.15) is 5.82 Å². The largest absolute Gasteiger partial charge is 0.326 e. The zero-order valence-corrected chi connectivity index (χ0v) is 17.2. The van der Waals surface area contributed by atoms with Gasteiger partial charge in [-0.25, -0.2) is 4.39 Å². The summed E-state index contributed by atoms with van der Waals surface area (Å²) in [5, 5.41) is 15.5. The Morgan fingerprint density at radius 1 is 1.03 bits per heavy atom. The maximum atomic E-state index is 13.1. The van der Waals surface area contributed by atoms with Crippen LogP contribution >= 0.6 is 0 Å². The van der Waals surface area contributed by atoms with Gasteiger partial charge in [0.2, 0.25) is 11.8 Å². The van der Waals surface area contributed by atoms with Crippen LogP contribution in [0.15, 0.2) is 60.7 Å². The number of halogens is 1. The van der Waals surface area contributed by atoms with Crippen LogP contribution in [0.2, 0.25) is 0 Å². The lowest BCUT2D eigenvalue weighted by Gasteiger charge is -2.16. The minimum atomic E-state index is -0.479. The lowest BCUT2D eigenvalue weighted by atomic mass is 10.1. The molecule has 160 valence electrons. The fourth-order valence-corrected chi connectivity index (χ4v) is 3.77. The maximum absolute atomic E-state index is 13.1. The summed E-state index contributed by atoms with van der Waals surface area (Å²) in [6.45, 7) is 2.09. The van der Waals surface area contributed by atoms with Crippen LogP contribution in [0.5, 0.6) is 0 Å². The Kier molecular flexibility index (Phi) is 4.85. The number of rotatable bonds is 4. The van der Waals surface area contributed by atoms with E-state index >= 15 is 0 Å². The number of anilines is 2. The first kappa shape index (κ1) is 19.8. The summed E-state index contributed by atoms with van der Waals surface area (Å²) >= 11 is 0. The number of aryl methyl sites for hydroxylation is 1. The summed E-state index contributed by atoms with van der Waals surface area (Å²) in [5.41, 5.74) is 3.54. The Morgan fingerprint density at radius 3 is 2.53 bits per heavy atom. The van der Waals surface area contributed by atoms with E-state index in [1.807, 2.05) is 31.2 Å². The van der Waals surface area contributed by atoms with Crippen molar-refractivity contribution < 1.29 is 14.0 Å². The predicted molar refractivity (Wildman–Crippen MR) is 116 cm³/mol. The number of hydrogen-bond donors (Lipinski definition) is 1. The highest BCUT2D eigenvalue weighted by molar-refractivity contribution is 6.03. The van der Waals surface area contributed by atoms with Crippen molar-refractivity contribution in [2.45, 2.75) is 13.3 Å². The molecule has 2 amide bonds. The number of benzene rings is 2. The predicted octanol–water partition coefficient (Wildman–Crippen LogP) is 3.23. The van der Waals surface area contributed by atoms with Gasteiger partial charge >= 0.3 is 0 Å². The topological polar surface area (TPSA) is 92.5 Å². The van der Waals surface area contributed by atoms with E-state index in [0.717, 1.165) is 11.3 Å². The zero-order valence-electron chi connectivity index (χ0n) is 17.2. The molecule has 0 spiro atoms. The Balaban J connectivity index is 1.27. The lowest BCUT2D eigenvalue weighted by Crippen LogP contribution is -2.28. The molecule has 32 heavy (non-hydrogen) atoms. The molecule has 3 heterocycles. The summed E-state index contributed by atoms with van der Waals surface area (Å²) in [7, 11) is 0. The molecule has 9 heteroatoms. The highest BCUT2D eigenvalue weighted by Crippen LogP contribution is 2.27. The van der Waals surface area contributed by atoms with Crippen LogP contribution in [-0.2, 0) is 9.59 Å². The number of nitrogens with one attached hydrogen (secondary N) is 1. The van der Waals surface area contributed by atoms with E-state index in [9.17, 15) is 14.0 Å². The van der Waals surface area contributed by atoms with E-state index in [2.05, 4.69) is 20.6 Å². The molecule has 4 aromatic rings. The number of hydrogen-bond acceptors (Lipinski definition) is 5. The van der Waals surface area contributed by atoms with Gasteiger partial charge < -0.3 is 10.2 Å². The molecule has 1 N–H and O–H groups in total. The fourth-order valence-electron chi connectivity index (χ4n) is 3.77. The van der Waals surface area contributed by atoms with E-state index in [1.165, 1.54) is 17.0 Å². The van der Waals surface area contributed by atoms with Gasteiger partial charge in [-0.3, -0.25) is 9.59 Å². The summed E-state index contributed by atoms with van der Waals surface area (Å²) in [5.74, 6) is -0.530. The molecule has 0 bridgehead atoms. The molecule has 8 nitrogen and oxygen atoms in total. The van der Waals surface area contributed by atoms with Crippen molar-refractivity contribution in [2.24, 2.45) is 5.92 Å². The Labute approximate surface area is 182 Å². The molecule has 1 fully saturated rings. The van der Waals surface area contributed by atoms with Gasteiger partial charge in [-0.2, -0.15) is 9.61 Å². The van der Waals surface area contributed by atoms with Crippen molar-refractivity contribution in [3.05, 3.63) is 72.3 Å². The molecule has 2 aromatic heterocycles. The summed E-state index contributed by atoms with van der Waals surface area (Å²) in [6.07, 6.45) is 0.115. The summed E-state index contributed by atoms with van der Waals surface area (Å²) in [4.78, 5) is 26.6. The van der Waals surface area contributed by atoms with Gasteiger partial charge in [0.15, 0.2) is 11.5 Å². The van der Waals surface area contributed by atoms with Crippen molar-refractivity contribution >= 4 is 28.8 Å². The van der Waals surface area contributed by atoms with Crippen LogP contribution in [-0.4, -0.2) is 38.2 Å². The summed E-state index contributed by atoms with van der Waals surface area (Å²) in [6, 6.07) is 16.7. The minimum absolute atomic E-state index is 0.115. The Morgan fingerprint density at radius 2 is 1.78 bits per heavy atom. The third-order valence-electron chi connectivity index (χ3n) is 5.50. The molecular weight excluding hydrogens is 411 g/mol. The first-order valence-corrected chi connectivity index (χ1v) is 10.1. The molecular formula is C23H19FN6O2. The van der Waals surface area contributed by atoms with Gasteiger partial charge in [-0.1, -0.05) is 12.1 Å². The SMILES string of the molecule is Cc1nnc2ccc(-c3ccc(NC(=O)C4CC(=O)N(c5ccc(F)cc5)C4)cc3)nn12. The molecule has 0 aliphatic carbocycles. The second kappa shape index (κ2) is 7.84. The molecule has 0 radical (unpaired) electrons. The zero-order chi connectivity index (χ0) is 22.2. The number of nitrogens with zero attached hydrogens (tertiary/aromatic N) is 5. The van der Waals surface area contributed by atoms with Crippen LogP contribution in [0.1, 0.15) is 12.2 Å². The van der Waals surface area contributed by atoms with E-state index < -0.39 is 5.92 Å². The van der Waals surface area contributed by atoms with Gasteiger partial charge in [-0.05, 0) is 55.5 Å². The average Bonchev–Trinajstić information content (AvgIpc) is 3.37. The quantitative estimate of drug-likeness (QED) is 0.537. The molecule has 2 aromatic carbocycles. The van der Waals surface area contributed by atoms with Crippen molar-refractivity contribution in [2.75, 3.05) is 16.8 Å². The number of amides is 2. The molecule has 1 aliphatic heterocycles. The summed E-state index contributed by atoms with van der Waals surface area (Å²) < 4.78 is 14.8. The van der Waals surface area contributed by atoms with Crippen molar-refractivity contribution in [1.82, 2.24) is 19.8 Å². The molecule has 5 rings (SSSR count). The number of aromatic nitrogens is 4. The van der Waals surface area contributed by atoms with E-state index in [4.69, 9.17) is 0 Å². The fraction of sp³-hybridized carbons (Fsp3) is 0.174. The first-order valence-electron chi connectivity index (χ1n) is 10.1. The number of carbonyl (C=O) groups is 2. The van der Waals surface area contributed by atoms with Crippen LogP contribution < -0.4 is 10.2 Å². The highest BCUT2D eigenvalue weighted by Gasteiger charge is 2.35. The van der Waals surface area contributed by atoms with Gasteiger partial charge in [-0.15, -0.1) is 10.2 Å². The third-order valence-corrected chi connectivity index (χ3v) is 5.50. The van der Waals surface area contributed by atoms with E-state index in [-0.39, 0.29) is 30.6 Å². The van der Waals surface area contributed by atoms with E-state index in [1.54, 1.807) is 28.8 Å². The number of fused-ring (bicyclic) bond motifs is 1. The average molecular weight is 430 g/mol. The standard InChI is InChI=1S/C23H19FN6O2/c1-14-26-27-21-11-10-20(28-30(14)21)15-2-6-18(7-3-15)25-23(32)16-12-22(31)29(13-16)19-8-4-17(24)5-9-19/h2-11,16H,12-13H2,1H3,(H,25,32). The van der Waals surface area contributed by atoms with Gasteiger partial charge in [0, 0.05) is 29.9 Å². The highest BCUT2D eigenvalue weighted by atomic mass is 19.1. The minimum Gasteiger partial charge on any atom is -0.326 e. The van der Waals surface area contributed by atoms with Crippen LogP contribution in [0, 0.1) is 18.7 Å². The van der Waals surface area contributed by atoms with Crippen molar-refractivity contribution in [3.8, 4) is 11.3 Å². The van der Waals surface area contributed by atoms with Gasteiger partial charge in [0.25, 0.3) is 0 Å². The second-order valence-corrected chi connectivity index (χ2v) is 7.68. The lowest BCUT2D eigenvalue weighted by molar-refractivity contribution is -0.122. The van der Waals surface area contributed by atoms with Crippen LogP contribution in [0.25, 0.3) is 16.9 Å². The monoisotopic (exact) mass is 430 g/mol. The van der Waals surface area contributed by atoms with Crippen LogP contribution in [0.4, 0.5) is 15.8 Å². The Hall–Kier alpha value is -4.14. The maximum Gasteiger partial charge on any atom is 0.229 e. The normalized spacial score (nSPS) is 16.0. The van der Waals surface area contributed by atoms with Crippen molar-refractivity contribution in [1.29, 1.82) is 0 Å². The molecule has 0 saturated carbocycles. The molecule has 1 atom stereocenters. The van der Waals surface area contributed by atoms with E-state index in [0.29, 0.717) is 22.8 Å². The van der Waals surface area contributed by atoms with Crippen molar-refractivity contribution in [3.63, 3.8) is 0 Å². The Bertz CT molecular complexity index is 1320. The third kappa shape index (κ3) is 3.68. The number of carbonyl (C=O) groups excluding carboxylic acids is 2.